The number of carboxylic acid groups (broad SMARTS) is 1. The Balaban J connectivity index is 2.91. The highest BCUT2D eigenvalue weighted by Gasteiger charge is 2.21. The minimum absolute atomic E-state index is 0.0115. The Morgan fingerprint density at radius 1 is 1.43 bits per heavy atom. The van der Waals surface area contributed by atoms with Gasteiger partial charge >= 0.3 is 5.97 Å². The van der Waals surface area contributed by atoms with Gasteiger partial charge in [-0.2, -0.15) is 0 Å². The van der Waals surface area contributed by atoms with E-state index in [0.29, 0.717) is 29.7 Å². The van der Waals surface area contributed by atoms with Crippen LogP contribution in [0.3, 0.4) is 0 Å². The summed E-state index contributed by atoms with van der Waals surface area (Å²) < 4.78 is 10.7. The van der Waals surface area contributed by atoms with Crippen LogP contribution in [0.4, 0.5) is 0 Å². The molecule has 0 amide bonds. The van der Waals surface area contributed by atoms with Gasteiger partial charge in [-0.25, -0.2) is 0 Å². The van der Waals surface area contributed by atoms with Crippen molar-refractivity contribution in [3.8, 4) is 11.5 Å². The van der Waals surface area contributed by atoms with Crippen molar-refractivity contribution >= 4 is 17.6 Å². The molecule has 1 aromatic carbocycles. The molecule has 0 aromatic heterocycles. The van der Waals surface area contributed by atoms with E-state index in [1.807, 2.05) is 20.8 Å². The van der Waals surface area contributed by atoms with Gasteiger partial charge in [0.15, 0.2) is 11.5 Å². The zero-order valence-electron chi connectivity index (χ0n) is 12.8. The Labute approximate surface area is 130 Å². The number of nitrogens with one attached hydrogen (secondary N) is 1. The highest BCUT2D eigenvalue weighted by Crippen LogP contribution is 2.36. The van der Waals surface area contributed by atoms with Crippen LogP contribution in [0.5, 0.6) is 11.5 Å². The molecule has 5 nitrogen and oxygen atoms in total. The zero-order chi connectivity index (χ0) is 16.0. The normalized spacial score (nSPS) is 12.3. The average Bonchev–Trinajstić information content (AvgIpc) is 2.38. The maximum atomic E-state index is 11.2. The van der Waals surface area contributed by atoms with Gasteiger partial charge in [-0.15, -0.1) is 0 Å². The van der Waals surface area contributed by atoms with E-state index in [2.05, 4.69) is 5.32 Å². The first-order chi connectivity index (χ1) is 9.90. The Morgan fingerprint density at radius 2 is 2.10 bits per heavy atom. The number of methoxy groups -OCH3 is 1. The second-order valence-electron chi connectivity index (χ2n) is 4.98. The molecule has 0 aliphatic carbocycles. The van der Waals surface area contributed by atoms with Crippen LogP contribution in [-0.4, -0.2) is 30.8 Å². The maximum absolute atomic E-state index is 11.2. The first-order valence-electron chi connectivity index (χ1n) is 6.86. The van der Waals surface area contributed by atoms with Crippen molar-refractivity contribution in [2.24, 2.45) is 5.92 Å². The van der Waals surface area contributed by atoms with Crippen molar-refractivity contribution in [1.82, 2.24) is 5.32 Å². The fourth-order valence-corrected chi connectivity index (χ4v) is 2.33. The van der Waals surface area contributed by atoms with Gasteiger partial charge in [0.25, 0.3) is 0 Å². The number of carboxylic acids is 1. The summed E-state index contributed by atoms with van der Waals surface area (Å²) in [5.74, 6) is 0.166. The molecule has 0 radical (unpaired) electrons. The number of halogens is 1. The predicted molar refractivity (Wildman–Crippen MR) is 82.3 cm³/mol. The van der Waals surface area contributed by atoms with E-state index in [1.165, 1.54) is 7.11 Å². The molecule has 0 spiro atoms. The van der Waals surface area contributed by atoms with Crippen LogP contribution < -0.4 is 14.8 Å². The minimum Gasteiger partial charge on any atom is -0.491 e. The first kappa shape index (κ1) is 17.6. The van der Waals surface area contributed by atoms with E-state index in [4.69, 9.17) is 26.2 Å². The molecule has 0 bridgehead atoms. The summed E-state index contributed by atoms with van der Waals surface area (Å²) in [5, 5.41) is 12.6. The molecular formula is C15H22ClNO4. The number of aliphatic carboxylic acids is 1. The highest BCUT2D eigenvalue weighted by molar-refractivity contribution is 6.32. The first-order valence-corrected chi connectivity index (χ1v) is 7.23. The van der Waals surface area contributed by atoms with Gasteiger partial charge < -0.3 is 19.9 Å². The summed E-state index contributed by atoms with van der Waals surface area (Å²) >= 11 is 6.16. The SMILES string of the molecule is CCOc1cc(CN[C@@H](C(=O)O)C(C)C)cc(Cl)c1OC. The summed E-state index contributed by atoms with van der Waals surface area (Å²) in [7, 11) is 1.53. The van der Waals surface area contributed by atoms with Gasteiger partial charge in [0.2, 0.25) is 0 Å². The molecule has 0 saturated heterocycles. The molecule has 21 heavy (non-hydrogen) atoms. The Bertz CT molecular complexity index is 491. The summed E-state index contributed by atoms with van der Waals surface area (Å²) in [6.45, 7) is 6.47. The number of ether oxygens (including phenoxy) is 2. The van der Waals surface area contributed by atoms with Crippen LogP contribution in [0.2, 0.25) is 5.02 Å². The lowest BCUT2D eigenvalue weighted by molar-refractivity contribution is -0.140. The fraction of sp³-hybridized carbons (Fsp3) is 0.533. The quantitative estimate of drug-likeness (QED) is 0.772. The Kier molecular flexibility index (Phi) is 6.78. The number of hydrogen-bond acceptors (Lipinski definition) is 4. The van der Waals surface area contributed by atoms with Crippen molar-refractivity contribution in [3.05, 3.63) is 22.7 Å². The lowest BCUT2D eigenvalue weighted by atomic mass is 10.0. The van der Waals surface area contributed by atoms with E-state index < -0.39 is 12.0 Å². The molecular weight excluding hydrogens is 294 g/mol. The van der Waals surface area contributed by atoms with E-state index in [0.717, 1.165) is 5.56 Å². The lowest BCUT2D eigenvalue weighted by Gasteiger charge is -2.19. The second kappa shape index (κ2) is 8.10. The zero-order valence-corrected chi connectivity index (χ0v) is 13.5. The third kappa shape index (κ3) is 4.79. The van der Waals surface area contributed by atoms with Crippen molar-refractivity contribution in [1.29, 1.82) is 0 Å². The van der Waals surface area contributed by atoms with Crippen LogP contribution in [0.1, 0.15) is 26.3 Å². The molecule has 0 unspecified atom stereocenters. The molecule has 1 atom stereocenters. The lowest BCUT2D eigenvalue weighted by Crippen LogP contribution is -2.40. The molecule has 0 aliphatic heterocycles. The van der Waals surface area contributed by atoms with Crippen LogP contribution in [0.15, 0.2) is 12.1 Å². The molecule has 1 aromatic rings. The van der Waals surface area contributed by atoms with Crippen LogP contribution in [0.25, 0.3) is 0 Å². The minimum atomic E-state index is -0.866. The van der Waals surface area contributed by atoms with Gasteiger partial charge in [-0.3, -0.25) is 4.79 Å². The maximum Gasteiger partial charge on any atom is 0.320 e. The average molecular weight is 316 g/mol. The van der Waals surface area contributed by atoms with E-state index in [-0.39, 0.29) is 5.92 Å². The predicted octanol–water partition coefficient (Wildman–Crippen LogP) is 2.95. The molecule has 0 fully saturated rings. The van der Waals surface area contributed by atoms with Gasteiger partial charge in [0, 0.05) is 6.54 Å². The van der Waals surface area contributed by atoms with Crippen LogP contribution in [0, 0.1) is 5.92 Å². The van der Waals surface area contributed by atoms with Gasteiger partial charge in [0.1, 0.15) is 6.04 Å². The fourth-order valence-electron chi connectivity index (χ4n) is 2.02. The van der Waals surface area contributed by atoms with Crippen LogP contribution in [-0.2, 0) is 11.3 Å². The third-order valence-electron chi connectivity index (χ3n) is 3.03. The number of carbonyl (C=O) groups is 1. The van der Waals surface area contributed by atoms with Crippen molar-refractivity contribution < 1.29 is 19.4 Å². The van der Waals surface area contributed by atoms with Crippen molar-refractivity contribution in [2.45, 2.75) is 33.4 Å². The standard InChI is InChI=1S/C15H22ClNO4/c1-5-21-12-7-10(6-11(16)14(12)20-4)8-17-13(9(2)3)15(18)19/h6-7,9,13,17H,5,8H2,1-4H3,(H,18,19)/t13-/m1/s1. The number of benzene rings is 1. The second-order valence-corrected chi connectivity index (χ2v) is 5.39. The van der Waals surface area contributed by atoms with E-state index in [9.17, 15) is 4.79 Å². The molecule has 0 aliphatic rings. The third-order valence-corrected chi connectivity index (χ3v) is 3.31. The molecule has 0 saturated carbocycles. The smallest absolute Gasteiger partial charge is 0.320 e. The van der Waals surface area contributed by atoms with Gasteiger partial charge in [-0.1, -0.05) is 25.4 Å². The Morgan fingerprint density at radius 3 is 2.57 bits per heavy atom. The van der Waals surface area contributed by atoms with E-state index in [1.54, 1.807) is 12.1 Å². The summed E-state index contributed by atoms with van der Waals surface area (Å²) in [6.07, 6.45) is 0. The van der Waals surface area contributed by atoms with Gasteiger partial charge in [-0.05, 0) is 30.5 Å². The van der Waals surface area contributed by atoms with Crippen molar-refractivity contribution in [3.63, 3.8) is 0 Å². The summed E-state index contributed by atoms with van der Waals surface area (Å²) in [4.78, 5) is 11.2. The number of rotatable bonds is 8. The molecule has 0 heterocycles. The largest absolute Gasteiger partial charge is 0.491 e. The summed E-state index contributed by atoms with van der Waals surface area (Å²) in [5.41, 5.74) is 0.844. The highest BCUT2D eigenvalue weighted by atomic mass is 35.5. The summed E-state index contributed by atoms with van der Waals surface area (Å²) in [6, 6.07) is 2.94. The molecule has 6 heteroatoms. The Hall–Kier alpha value is -1.46. The van der Waals surface area contributed by atoms with Crippen molar-refractivity contribution in [2.75, 3.05) is 13.7 Å². The van der Waals surface area contributed by atoms with E-state index >= 15 is 0 Å². The monoisotopic (exact) mass is 315 g/mol. The molecule has 118 valence electrons. The molecule has 1 rings (SSSR count). The van der Waals surface area contributed by atoms with Gasteiger partial charge in [0.05, 0.1) is 18.7 Å². The molecule has 2 N–H and O–H groups in total. The van der Waals surface area contributed by atoms with Crippen LogP contribution >= 0.6 is 11.6 Å². The number of hydrogen-bond donors (Lipinski definition) is 2. The topological polar surface area (TPSA) is 67.8 Å².